The van der Waals surface area contributed by atoms with Gasteiger partial charge in [0.1, 0.15) is 5.69 Å². The van der Waals surface area contributed by atoms with Crippen molar-refractivity contribution < 1.29 is 8.78 Å². The lowest BCUT2D eigenvalue weighted by Crippen LogP contribution is -2.12. The van der Waals surface area contributed by atoms with E-state index in [1.807, 2.05) is 41.1 Å². The zero-order valence-electron chi connectivity index (χ0n) is 13.4. The van der Waals surface area contributed by atoms with Gasteiger partial charge in [0.25, 0.3) is 5.92 Å². The molecule has 0 spiro atoms. The zero-order chi connectivity index (χ0) is 17.6. The Labute approximate surface area is 148 Å². The van der Waals surface area contributed by atoms with Crippen molar-refractivity contribution in [3.63, 3.8) is 0 Å². The Morgan fingerprint density at radius 2 is 1.96 bits per heavy atom. The molecule has 0 radical (unpaired) electrons. The average molecular weight is 358 g/mol. The lowest BCUT2D eigenvalue weighted by atomic mass is 10.1. The fourth-order valence-electron chi connectivity index (χ4n) is 2.99. The number of halogens is 3. The van der Waals surface area contributed by atoms with Gasteiger partial charge in [-0.05, 0) is 36.4 Å². The Morgan fingerprint density at radius 1 is 1.12 bits per heavy atom. The minimum atomic E-state index is -2.96. The van der Waals surface area contributed by atoms with Crippen LogP contribution < -0.4 is 0 Å². The van der Waals surface area contributed by atoms with Crippen LogP contribution in [-0.2, 0) is 12.5 Å². The highest BCUT2D eigenvalue weighted by Gasteiger charge is 2.26. The van der Waals surface area contributed by atoms with Crippen LogP contribution in [0.1, 0.15) is 29.4 Å². The van der Waals surface area contributed by atoms with Crippen LogP contribution in [0.3, 0.4) is 0 Å². The summed E-state index contributed by atoms with van der Waals surface area (Å²) in [5, 5.41) is 0.654. The molecule has 0 atom stereocenters. The normalized spacial score (nSPS) is 13.7. The number of aliphatic imine (C=N–C) groups is 1. The van der Waals surface area contributed by atoms with E-state index in [0.29, 0.717) is 22.8 Å². The molecule has 0 bridgehead atoms. The Hall–Kier alpha value is -2.53. The number of nitrogens with zero attached hydrogens (tertiary/aromatic N) is 3. The molecule has 1 aromatic carbocycles. The van der Waals surface area contributed by atoms with Crippen molar-refractivity contribution in [1.82, 2.24) is 9.55 Å². The second-order valence-electron chi connectivity index (χ2n) is 5.99. The van der Waals surface area contributed by atoms with Gasteiger partial charge in [-0.15, -0.1) is 0 Å². The van der Waals surface area contributed by atoms with E-state index in [0.717, 1.165) is 23.9 Å². The molecule has 0 amide bonds. The van der Waals surface area contributed by atoms with Crippen LogP contribution in [0.5, 0.6) is 0 Å². The maximum Gasteiger partial charge on any atom is 0.286 e. The minimum absolute atomic E-state index is 0.257. The molecule has 126 valence electrons. The summed E-state index contributed by atoms with van der Waals surface area (Å²) in [6, 6.07) is 12.6. The SMILES string of the molecule is CC(F)(F)c1ccc(C2=NCc3c(Cl)cccc3-n3cccc32)cn1. The molecular weight excluding hydrogens is 344 g/mol. The number of alkyl halides is 2. The van der Waals surface area contributed by atoms with E-state index >= 15 is 0 Å². The van der Waals surface area contributed by atoms with Crippen LogP contribution in [0.4, 0.5) is 8.78 Å². The van der Waals surface area contributed by atoms with Crippen LogP contribution in [0.25, 0.3) is 5.69 Å². The van der Waals surface area contributed by atoms with Crippen LogP contribution in [-0.4, -0.2) is 15.3 Å². The number of benzene rings is 1. The fraction of sp³-hybridized carbons (Fsp3) is 0.158. The van der Waals surface area contributed by atoms with Gasteiger partial charge in [-0.1, -0.05) is 17.7 Å². The molecule has 6 heteroatoms. The highest BCUT2D eigenvalue weighted by molar-refractivity contribution is 6.31. The predicted octanol–water partition coefficient (Wildman–Crippen LogP) is 4.99. The van der Waals surface area contributed by atoms with Gasteiger partial charge in [-0.3, -0.25) is 9.98 Å². The lowest BCUT2D eigenvalue weighted by Gasteiger charge is -2.12. The van der Waals surface area contributed by atoms with Crippen molar-refractivity contribution in [2.75, 3.05) is 0 Å². The summed E-state index contributed by atoms with van der Waals surface area (Å²) in [6.45, 7) is 1.25. The van der Waals surface area contributed by atoms with Gasteiger partial charge < -0.3 is 4.57 Å². The second kappa shape index (κ2) is 5.77. The molecule has 3 aromatic rings. The highest BCUT2D eigenvalue weighted by Crippen LogP contribution is 2.30. The maximum atomic E-state index is 13.4. The van der Waals surface area contributed by atoms with Crippen molar-refractivity contribution in [2.45, 2.75) is 19.4 Å². The van der Waals surface area contributed by atoms with Gasteiger partial charge in [0.2, 0.25) is 0 Å². The smallest absolute Gasteiger partial charge is 0.286 e. The van der Waals surface area contributed by atoms with Crippen molar-refractivity contribution in [3.05, 3.63) is 82.4 Å². The quantitative estimate of drug-likeness (QED) is 0.635. The van der Waals surface area contributed by atoms with Gasteiger partial charge in [0.05, 0.1) is 23.6 Å². The maximum absolute atomic E-state index is 13.4. The van der Waals surface area contributed by atoms with Crippen LogP contribution >= 0.6 is 11.6 Å². The van der Waals surface area contributed by atoms with E-state index in [9.17, 15) is 8.78 Å². The lowest BCUT2D eigenvalue weighted by molar-refractivity contribution is 0.0127. The van der Waals surface area contributed by atoms with Crippen molar-refractivity contribution >= 4 is 17.3 Å². The first-order chi connectivity index (χ1) is 11.9. The average Bonchev–Trinajstić information content (AvgIpc) is 2.99. The van der Waals surface area contributed by atoms with E-state index in [2.05, 4.69) is 9.98 Å². The van der Waals surface area contributed by atoms with E-state index in [1.54, 1.807) is 6.07 Å². The van der Waals surface area contributed by atoms with Crippen LogP contribution in [0.15, 0.2) is 59.9 Å². The van der Waals surface area contributed by atoms with Gasteiger partial charge in [0.15, 0.2) is 0 Å². The second-order valence-corrected chi connectivity index (χ2v) is 6.39. The molecule has 2 aromatic heterocycles. The number of rotatable bonds is 2. The molecular formula is C19H14ClF2N3. The molecule has 0 N–H and O–H groups in total. The van der Waals surface area contributed by atoms with Gasteiger partial charge in [-0.25, -0.2) is 0 Å². The number of aromatic nitrogens is 2. The summed E-state index contributed by atoms with van der Waals surface area (Å²) in [5.41, 5.74) is 3.91. The van der Waals surface area contributed by atoms with Crippen LogP contribution in [0.2, 0.25) is 5.02 Å². The van der Waals surface area contributed by atoms with Crippen LogP contribution in [0, 0.1) is 0 Å². The predicted molar refractivity (Wildman–Crippen MR) is 93.9 cm³/mol. The van der Waals surface area contributed by atoms with Gasteiger partial charge in [-0.2, -0.15) is 8.78 Å². The topological polar surface area (TPSA) is 30.2 Å². The molecule has 3 nitrogen and oxygen atoms in total. The largest absolute Gasteiger partial charge is 0.315 e. The summed E-state index contributed by atoms with van der Waals surface area (Å²) < 4.78 is 28.8. The first-order valence-corrected chi connectivity index (χ1v) is 8.17. The zero-order valence-corrected chi connectivity index (χ0v) is 14.1. The summed E-state index contributed by atoms with van der Waals surface area (Å²) in [7, 11) is 0. The molecule has 0 aliphatic carbocycles. The molecule has 0 saturated heterocycles. The summed E-state index contributed by atoms with van der Waals surface area (Å²) >= 11 is 6.33. The minimum Gasteiger partial charge on any atom is -0.315 e. The molecule has 0 saturated carbocycles. The van der Waals surface area contributed by atoms with Gasteiger partial charge >= 0.3 is 0 Å². The van der Waals surface area contributed by atoms with E-state index in [1.165, 1.54) is 12.3 Å². The highest BCUT2D eigenvalue weighted by atomic mass is 35.5. The van der Waals surface area contributed by atoms with Gasteiger partial charge in [0, 0.05) is 35.5 Å². The third-order valence-electron chi connectivity index (χ3n) is 4.23. The van der Waals surface area contributed by atoms with Crippen molar-refractivity contribution in [1.29, 1.82) is 0 Å². The molecule has 1 aliphatic rings. The Balaban J connectivity index is 1.84. The number of hydrogen-bond donors (Lipinski definition) is 0. The third-order valence-corrected chi connectivity index (χ3v) is 4.58. The first-order valence-electron chi connectivity index (χ1n) is 7.80. The Kier molecular flexibility index (Phi) is 3.69. The number of fused-ring (bicyclic) bond motifs is 3. The number of pyridine rings is 1. The monoisotopic (exact) mass is 357 g/mol. The molecule has 4 rings (SSSR count). The summed E-state index contributed by atoms with van der Waals surface area (Å²) in [5.74, 6) is -2.96. The summed E-state index contributed by atoms with van der Waals surface area (Å²) in [4.78, 5) is 8.60. The Morgan fingerprint density at radius 3 is 2.68 bits per heavy atom. The molecule has 25 heavy (non-hydrogen) atoms. The van der Waals surface area contributed by atoms with Crippen molar-refractivity contribution in [3.8, 4) is 5.69 Å². The summed E-state index contributed by atoms with van der Waals surface area (Å²) in [6.07, 6.45) is 3.38. The molecule has 0 unspecified atom stereocenters. The third kappa shape index (κ3) is 2.74. The number of hydrogen-bond acceptors (Lipinski definition) is 2. The van der Waals surface area contributed by atoms with E-state index < -0.39 is 5.92 Å². The molecule has 0 fully saturated rings. The van der Waals surface area contributed by atoms with Crippen molar-refractivity contribution in [2.24, 2.45) is 4.99 Å². The standard InChI is InChI=1S/C19H14ClF2N3/c1-19(21,22)17-8-7-12(10-23-17)18-16-6-3-9-25(16)15-5-2-4-14(20)13(15)11-24-18/h2-10H,11H2,1H3. The Bertz CT molecular complexity index is 969. The first kappa shape index (κ1) is 16.0. The molecule has 1 aliphatic heterocycles. The van der Waals surface area contributed by atoms with E-state index in [4.69, 9.17) is 11.6 Å². The fourth-order valence-corrected chi connectivity index (χ4v) is 3.21. The van der Waals surface area contributed by atoms with E-state index in [-0.39, 0.29) is 5.69 Å². The molecule has 3 heterocycles.